The molecule has 6 nitrogen and oxygen atoms in total. The summed E-state index contributed by atoms with van der Waals surface area (Å²) in [6, 6.07) is 15.5. The van der Waals surface area contributed by atoms with E-state index in [0.717, 1.165) is 32.2 Å². The summed E-state index contributed by atoms with van der Waals surface area (Å²) in [7, 11) is 0. The maximum atomic E-state index is 13.0. The Kier molecular flexibility index (Phi) is 5.27. The van der Waals surface area contributed by atoms with Gasteiger partial charge in [0, 0.05) is 23.4 Å². The van der Waals surface area contributed by atoms with Crippen molar-refractivity contribution >= 4 is 50.8 Å². The highest BCUT2D eigenvalue weighted by atomic mass is 32.2. The Morgan fingerprint density at radius 1 is 0.938 bits per heavy atom. The van der Waals surface area contributed by atoms with Crippen LogP contribution in [0.25, 0.3) is 20.8 Å². The number of hydrogen-bond donors (Lipinski definition) is 0. The molecule has 32 heavy (non-hydrogen) atoms. The quantitative estimate of drug-likeness (QED) is 0.311. The Bertz CT molecular complexity index is 1340. The minimum atomic E-state index is -0.518. The average Bonchev–Trinajstić information content (AvgIpc) is 3.27. The number of amides is 2. The normalized spacial score (nSPS) is 16.3. The van der Waals surface area contributed by atoms with Crippen LogP contribution in [0, 0.1) is 20.8 Å². The molecule has 0 radical (unpaired) electrons. The highest BCUT2D eigenvalue weighted by molar-refractivity contribution is 8.00. The molecule has 2 amide bonds. The number of aromatic nitrogens is 3. The molecule has 0 bridgehead atoms. The van der Waals surface area contributed by atoms with Crippen LogP contribution in [-0.2, 0) is 9.59 Å². The van der Waals surface area contributed by atoms with E-state index in [0.29, 0.717) is 10.8 Å². The molecule has 3 heterocycles. The lowest BCUT2D eigenvalue weighted by molar-refractivity contribution is -0.121. The van der Waals surface area contributed by atoms with E-state index in [2.05, 4.69) is 29.0 Å². The second-order valence-electron chi connectivity index (χ2n) is 7.85. The lowest BCUT2D eigenvalue weighted by Crippen LogP contribution is -2.31. The van der Waals surface area contributed by atoms with Crippen LogP contribution in [-0.4, -0.2) is 32.0 Å². The second kappa shape index (κ2) is 8.11. The SMILES string of the molecule is Cc1ccc2nc(-c3ccc(N4C(=O)CC(Sc5nc(C)cc(C)n5)C4=O)cc3)sc2c1. The Hall–Kier alpha value is -3.10. The van der Waals surface area contributed by atoms with E-state index in [1.165, 1.54) is 22.2 Å². The molecule has 0 spiro atoms. The largest absolute Gasteiger partial charge is 0.274 e. The Balaban J connectivity index is 1.37. The fourth-order valence-corrected chi connectivity index (χ4v) is 5.90. The van der Waals surface area contributed by atoms with Crippen LogP contribution >= 0.6 is 23.1 Å². The van der Waals surface area contributed by atoms with Gasteiger partial charge in [0.25, 0.3) is 0 Å². The van der Waals surface area contributed by atoms with Crippen LogP contribution in [0.1, 0.15) is 23.4 Å². The smallest absolute Gasteiger partial charge is 0.247 e. The Morgan fingerprint density at radius 2 is 1.66 bits per heavy atom. The fraction of sp³-hybridized carbons (Fsp3) is 0.208. The van der Waals surface area contributed by atoms with E-state index in [9.17, 15) is 9.59 Å². The first-order valence-corrected chi connectivity index (χ1v) is 11.9. The molecule has 1 saturated heterocycles. The Morgan fingerprint density at radius 3 is 2.38 bits per heavy atom. The van der Waals surface area contributed by atoms with Crippen molar-refractivity contribution < 1.29 is 9.59 Å². The van der Waals surface area contributed by atoms with E-state index < -0.39 is 5.25 Å². The third-order valence-corrected chi connectivity index (χ3v) is 7.34. The van der Waals surface area contributed by atoms with Crippen LogP contribution in [0.4, 0.5) is 5.69 Å². The summed E-state index contributed by atoms with van der Waals surface area (Å²) in [4.78, 5) is 40.4. The van der Waals surface area contributed by atoms with E-state index in [-0.39, 0.29) is 18.2 Å². The lowest BCUT2D eigenvalue weighted by Gasteiger charge is -2.15. The molecule has 2 aromatic carbocycles. The van der Waals surface area contributed by atoms with Gasteiger partial charge in [-0.25, -0.2) is 19.9 Å². The molecule has 1 unspecified atom stereocenters. The predicted octanol–water partition coefficient (Wildman–Crippen LogP) is 5.10. The van der Waals surface area contributed by atoms with Crippen molar-refractivity contribution in [1.29, 1.82) is 0 Å². The molecule has 0 aliphatic carbocycles. The van der Waals surface area contributed by atoms with E-state index in [4.69, 9.17) is 4.98 Å². The van der Waals surface area contributed by atoms with Gasteiger partial charge in [-0.05, 0) is 68.8 Å². The fourth-order valence-electron chi connectivity index (χ4n) is 3.75. The van der Waals surface area contributed by atoms with Crippen LogP contribution in [0.5, 0.6) is 0 Å². The number of carbonyl (C=O) groups excluding carboxylic acids is 2. The van der Waals surface area contributed by atoms with Gasteiger partial charge in [-0.3, -0.25) is 9.59 Å². The lowest BCUT2D eigenvalue weighted by atomic mass is 10.2. The molecule has 4 aromatic rings. The average molecular weight is 461 g/mol. The molecule has 1 fully saturated rings. The van der Waals surface area contributed by atoms with Gasteiger partial charge in [-0.1, -0.05) is 17.8 Å². The summed E-state index contributed by atoms with van der Waals surface area (Å²) in [5, 5.41) is 0.921. The van der Waals surface area contributed by atoms with Crippen molar-refractivity contribution in [2.45, 2.75) is 37.6 Å². The third kappa shape index (κ3) is 3.91. The summed E-state index contributed by atoms with van der Waals surface area (Å²) < 4.78 is 1.14. The van der Waals surface area contributed by atoms with Crippen molar-refractivity contribution in [2.24, 2.45) is 0 Å². The van der Waals surface area contributed by atoms with Crippen molar-refractivity contribution in [3.05, 3.63) is 65.5 Å². The number of hydrogen-bond acceptors (Lipinski definition) is 7. The molecular formula is C24H20N4O2S2. The first-order chi connectivity index (χ1) is 15.4. The number of fused-ring (bicyclic) bond motifs is 1. The van der Waals surface area contributed by atoms with Crippen LogP contribution in [0.3, 0.4) is 0 Å². The Labute approximate surface area is 193 Å². The molecule has 160 valence electrons. The van der Waals surface area contributed by atoms with Gasteiger partial charge >= 0.3 is 0 Å². The summed E-state index contributed by atoms with van der Waals surface area (Å²) in [5.41, 5.74) is 5.39. The summed E-state index contributed by atoms with van der Waals surface area (Å²) in [5.74, 6) is -0.439. The van der Waals surface area contributed by atoms with Gasteiger partial charge in [0.15, 0.2) is 5.16 Å². The molecule has 5 rings (SSSR count). The number of rotatable bonds is 4. The number of benzene rings is 2. The number of imide groups is 1. The molecule has 0 N–H and O–H groups in total. The van der Waals surface area contributed by atoms with Gasteiger partial charge in [0.2, 0.25) is 11.8 Å². The first kappa shape index (κ1) is 20.8. The molecular weight excluding hydrogens is 440 g/mol. The minimum Gasteiger partial charge on any atom is -0.274 e. The standard InChI is InChI=1S/C24H20N4O2S2/c1-13-4-9-18-19(10-13)31-22(27-18)16-5-7-17(8-6-16)28-21(29)12-20(23(28)30)32-24-25-14(2)11-15(3)26-24/h4-11,20H,12H2,1-3H3. The van der Waals surface area contributed by atoms with Crippen LogP contribution < -0.4 is 4.90 Å². The second-order valence-corrected chi connectivity index (χ2v) is 10.0. The summed E-state index contributed by atoms with van der Waals surface area (Å²) in [6.07, 6.45) is 0.138. The summed E-state index contributed by atoms with van der Waals surface area (Å²) >= 11 is 2.88. The molecule has 8 heteroatoms. The van der Waals surface area contributed by atoms with E-state index in [1.807, 2.05) is 50.2 Å². The number of carbonyl (C=O) groups is 2. The van der Waals surface area contributed by atoms with Crippen LogP contribution in [0.2, 0.25) is 0 Å². The minimum absolute atomic E-state index is 0.138. The first-order valence-electron chi connectivity index (χ1n) is 10.2. The number of nitrogens with zero attached hydrogens (tertiary/aromatic N) is 4. The highest BCUT2D eigenvalue weighted by Gasteiger charge is 2.40. The van der Waals surface area contributed by atoms with Crippen molar-refractivity contribution in [1.82, 2.24) is 15.0 Å². The maximum absolute atomic E-state index is 13.0. The monoisotopic (exact) mass is 460 g/mol. The van der Waals surface area contributed by atoms with Gasteiger partial charge < -0.3 is 0 Å². The van der Waals surface area contributed by atoms with Crippen molar-refractivity contribution in [3.63, 3.8) is 0 Å². The zero-order valence-electron chi connectivity index (χ0n) is 17.8. The highest BCUT2D eigenvalue weighted by Crippen LogP contribution is 2.35. The van der Waals surface area contributed by atoms with Crippen LogP contribution in [0.15, 0.2) is 53.7 Å². The molecule has 2 aromatic heterocycles. The molecule has 0 saturated carbocycles. The number of aryl methyl sites for hydroxylation is 3. The number of thiazole rings is 1. The third-order valence-electron chi connectivity index (χ3n) is 5.23. The summed E-state index contributed by atoms with van der Waals surface area (Å²) in [6.45, 7) is 5.84. The van der Waals surface area contributed by atoms with Crippen molar-refractivity contribution in [2.75, 3.05) is 4.90 Å². The van der Waals surface area contributed by atoms with Gasteiger partial charge in [-0.15, -0.1) is 11.3 Å². The predicted molar refractivity (Wildman–Crippen MR) is 128 cm³/mol. The maximum Gasteiger partial charge on any atom is 0.247 e. The molecule has 1 aliphatic heterocycles. The van der Waals surface area contributed by atoms with Gasteiger partial charge in [0.05, 0.1) is 15.9 Å². The zero-order chi connectivity index (χ0) is 22.4. The number of anilines is 1. The molecule has 1 atom stereocenters. The zero-order valence-corrected chi connectivity index (χ0v) is 19.5. The van der Waals surface area contributed by atoms with Gasteiger partial charge in [0.1, 0.15) is 10.3 Å². The van der Waals surface area contributed by atoms with E-state index in [1.54, 1.807) is 11.3 Å². The molecule has 1 aliphatic rings. The topological polar surface area (TPSA) is 76.1 Å². The van der Waals surface area contributed by atoms with Crippen molar-refractivity contribution in [3.8, 4) is 10.6 Å². The van der Waals surface area contributed by atoms with E-state index >= 15 is 0 Å². The van der Waals surface area contributed by atoms with Gasteiger partial charge in [-0.2, -0.15) is 0 Å². The number of thioether (sulfide) groups is 1.